The summed E-state index contributed by atoms with van der Waals surface area (Å²) in [4.78, 5) is 4.25. The Bertz CT molecular complexity index is 430. The zero-order valence-electron chi connectivity index (χ0n) is 10.9. The average Bonchev–Trinajstić information content (AvgIpc) is 2.87. The van der Waals surface area contributed by atoms with Crippen LogP contribution in [0.25, 0.3) is 0 Å². The van der Waals surface area contributed by atoms with Gasteiger partial charge in [0.25, 0.3) is 0 Å². The quantitative estimate of drug-likeness (QED) is 0.495. The number of rotatable bonds is 5. The van der Waals surface area contributed by atoms with E-state index in [0.29, 0.717) is 30.2 Å². The van der Waals surface area contributed by atoms with Crippen LogP contribution >= 0.6 is 11.6 Å². The third kappa shape index (κ3) is 4.99. The summed E-state index contributed by atoms with van der Waals surface area (Å²) in [6.07, 6.45) is 4.94. The van der Waals surface area contributed by atoms with Crippen LogP contribution in [0, 0.1) is 0 Å². The lowest BCUT2D eigenvalue weighted by Crippen LogP contribution is -2.38. The van der Waals surface area contributed by atoms with Gasteiger partial charge in [-0.15, -0.1) is 0 Å². The molecule has 0 atom stereocenters. The maximum absolute atomic E-state index is 5.87. The maximum Gasteiger partial charge on any atom is 0.188 e. The Kier molecular flexibility index (Phi) is 5.33. The number of nitrogens with zero attached hydrogens (tertiary/aromatic N) is 1. The first-order chi connectivity index (χ1) is 9.24. The zero-order chi connectivity index (χ0) is 13.5. The van der Waals surface area contributed by atoms with E-state index in [4.69, 9.17) is 22.1 Å². The minimum atomic E-state index is 0.493. The van der Waals surface area contributed by atoms with Crippen molar-refractivity contribution in [2.24, 2.45) is 10.7 Å². The van der Waals surface area contributed by atoms with E-state index in [1.807, 2.05) is 18.2 Å². The van der Waals surface area contributed by atoms with E-state index >= 15 is 0 Å². The Balaban J connectivity index is 1.67. The van der Waals surface area contributed by atoms with Gasteiger partial charge in [0.05, 0.1) is 6.54 Å². The second kappa shape index (κ2) is 7.24. The summed E-state index contributed by atoms with van der Waals surface area (Å²) in [5, 5.41) is 3.91. The monoisotopic (exact) mass is 281 g/mol. The normalized spacial score (nSPS) is 16.6. The molecule has 0 amide bonds. The molecule has 3 N–H and O–H groups in total. The van der Waals surface area contributed by atoms with Crippen LogP contribution in [0.3, 0.4) is 0 Å². The summed E-state index contributed by atoms with van der Waals surface area (Å²) in [5.41, 5.74) is 5.82. The van der Waals surface area contributed by atoms with Crippen LogP contribution in [0.4, 0.5) is 0 Å². The number of hydrogen-bond donors (Lipinski definition) is 2. The molecule has 0 saturated heterocycles. The molecule has 1 aromatic rings. The number of nitrogens with one attached hydrogen (secondary N) is 1. The molecule has 104 valence electrons. The highest BCUT2D eigenvalue weighted by Crippen LogP contribution is 2.17. The number of guanidine groups is 1. The third-order valence-electron chi connectivity index (χ3n) is 3.15. The minimum Gasteiger partial charge on any atom is -0.492 e. The van der Waals surface area contributed by atoms with Crippen molar-refractivity contribution in [3.05, 3.63) is 29.3 Å². The fourth-order valence-electron chi connectivity index (χ4n) is 2.21. The van der Waals surface area contributed by atoms with Crippen molar-refractivity contribution in [1.82, 2.24) is 5.32 Å². The lowest BCUT2D eigenvalue weighted by atomic mass is 10.2. The molecule has 4 nitrogen and oxygen atoms in total. The zero-order valence-corrected chi connectivity index (χ0v) is 11.7. The van der Waals surface area contributed by atoms with E-state index in [9.17, 15) is 0 Å². The van der Waals surface area contributed by atoms with Gasteiger partial charge >= 0.3 is 0 Å². The molecule has 0 heterocycles. The summed E-state index contributed by atoms with van der Waals surface area (Å²) in [6, 6.07) is 7.83. The number of ether oxygens (including phenoxy) is 1. The standard InChI is InChI=1S/C14H20ClN3O/c15-11-4-3-7-13(10-11)19-9-8-17-14(16)18-12-5-1-2-6-12/h3-4,7,10,12H,1-2,5-6,8-9H2,(H3,16,17,18). The van der Waals surface area contributed by atoms with Crippen molar-refractivity contribution in [2.45, 2.75) is 31.7 Å². The van der Waals surface area contributed by atoms with E-state index < -0.39 is 0 Å². The summed E-state index contributed by atoms with van der Waals surface area (Å²) in [7, 11) is 0. The van der Waals surface area contributed by atoms with Gasteiger partial charge in [-0.1, -0.05) is 30.5 Å². The van der Waals surface area contributed by atoms with Crippen LogP contribution in [-0.4, -0.2) is 25.2 Å². The van der Waals surface area contributed by atoms with Gasteiger partial charge < -0.3 is 15.8 Å². The fourth-order valence-corrected chi connectivity index (χ4v) is 2.39. The van der Waals surface area contributed by atoms with Crippen LogP contribution in [0.5, 0.6) is 5.75 Å². The number of nitrogens with two attached hydrogens (primary N) is 1. The molecule has 1 fully saturated rings. The van der Waals surface area contributed by atoms with Gasteiger partial charge in [-0.2, -0.15) is 0 Å². The van der Waals surface area contributed by atoms with Gasteiger partial charge in [-0.25, -0.2) is 4.99 Å². The molecule has 1 saturated carbocycles. The Morgan fingerprint density at radius 3 is 2.95 bits per heavy atom. The summed E-state index contributed by atoms with van der Waals surface area (Å²) in [6.45, 7) is 1.03. The highest BCUT2D eigenvalue weighted by molar-refractivity contribution is 6.30. The van der Waals surface area contributed by atoms with Gasteiger partial charge in [0.2, 0.25) is 0 Å². The van der Waals surface area contributed by atoms with E-state index in [1.54, 1.807) is 6.07 Å². The molecular formula is C14H20ClN3O. The van der Waals surface area contributed by atoms with Gasteiger partial charge in [0.1, 0.15) is 12.4 Å². The predicted molar refractivity (Wildman–Crippen MR) is 78.8 cm³/mol. The predicted octanol–water partition coefficient (Wildman–Crippen LogP) is 2.57. The molecule has 5 heteroatoms. The Morgan fingerprint density at radius 1 is 1.42 bits per heavy atom. The number of aliphatic imine (C=N–C) groups is 1. The summed E-state index contributed by atoms with van der Waals surface area (Å²) >= 11 is 5.87. The van der Waals surface area contributed by atoms with E-state index in [1.165, 1.54) is 25.7 Å². The number of benzene rings is 1. The van der Waals surface area contributed by atoms with Crippen molar-refractivity contribution >= 4 is 17.6 Å². The molecule has 0 aliphatic heterocycles. The summed E-state index contributed by atoms with van der Waals surface area (Å²) in [5.74, 6) is 1.27. The molecule has 0 unspecified atom stereocenters. The SMILES string of the molecule is NC(=NCCOc1cccc(Cl)c1)NC1CCCC1. The van der Waals surface area contributed by atoms with Gasteiger partial charge in [-0.05, 0) is 31.0 Å². The first kappa shape index (κ1) is 14.0. The topological polar surface area (TPSA) is 59.6 Å². The van der Waals surface area contributed by atoms with Crippen molar-refractivity contribution in [3.63, 3.8) is 0 Å². The van der Waals surface area contributed by atoms with Crippen molar-refractivity contribution < 1.29 is 4.74 Å². The molecule has 1 aliphatic rings. The summed E-state index contributed by atoms with van der Waals surface area (Å²) < 4.78 is 5.53. The molecule has 0 aromatic heterocycles. The lowest BCUT2D eigenvalue weighted by molar-refractivity contribution is 0.328. The van der Waals surface area contributed by atoms with Crippen molar-refractivity contribution in [2.75, 3.05) is 13.2 Å². The van der Waals surface area contributed by atoms with E-state index in [-0.39, 0.29) is 0 Å². The van der Waals surface area contributed by atoms with Gasteiger partial charge in [0.15, 0.2) is 5.96 Å². The molecule has 1 aliphatic carbocycles. The van der Waals surface area contributed by atoms with Crippen molar-refractivity contribution in [1.29, 1.82) is 0 Å². The smallest absolute Gasteiger partial charge is 0.188 e. The van der Waals surface area contributed by atoms with Crippen LogP contribution in [0.15, 0.2) is 29.3 Å². The van der Waals surface area contributed by atoms with Crippen LogP contribution in [-0.2, 0) is 0 Å². The van der Waals surface area contributed by atoms with Gasteiger partial charge in [-0.3, -0.25) is 0 Å². The molecular weight excluding hydrogens is 262 g/mol. The lowest BCUT2D eigenvalue weighted by Gasteiger charge is -2.12. The van der Waals surface area contributed by atoms with Crippen molar-refractivity contribution in [3.8, 4) is 5.75 Å². The van der Waals surface area contributed by atoms with Crippen LogP contribution in [0.2, 0.25) is 5.02 Å². The molecule has 1 aromatic carbocycles. The number of hydrogen-bond acceptors (Lipinski definition) is 2. The number of halogens is 1. The molecule has 0 bridgehead atoms. The second-order valence-corrected chi connectivity index (χ2v) is 5.13. The molecule has 0 radical (unpaired) electrons. The van der Waals surface area contributed by atoms with E-state index in [2.05, 4.69) is 10.3 Å². The largest absolute Gasteiger partial charge is 0.492 e. The third-order valence-corrected chi connectivity index (χ3v) is 3.38. The van der Waals surface area contributed by atoms with E-state index in [0.717, 1.165) is 5.75 Å². The van der Waals surface area contributed by atoms with Crippen LogP contribution < -0.4 is 15.8 Å². The molecule has 2 rings (SSSR count). The fraction of sp³-hybridized carbons (Fsp3) is 0.500. The molecule has 0 spiro atoms. The Labute approximate surface area is 119 Å². The van der Waals surface area contributed by atoms with Crippen LogP contribution in [0.1, 0.15) is 25.7 Å². The second-order valence-electron chi connectivity index (χ2n) is 4.70. The minimum absolute atomic E-state index is 0.493. The first-order valence-electron chi connectivity index (χ1n) is 6.69. The average molecular weight is 282 g/mol. The molecule has 19 heavy (non-hydrogen) atoms. The highest BCUT2D eigenvalue weighted by atomic mass is 35.5. The Morgan fingerprint density at radius 2 is 2.21 bits per heavy atom. The highest BCUT2D eigenvalue weighted by Gasteiger charge is 2.14. The first-order valence-corrected chi connectivity index (χ1v) is 7.06. The Hall–Kier alpha value is -1.42. The maximum atomic E-state index is 5.87. The van der Waals surface area contributed by atoms with Gasteiger partial charge in [0, 0.05) is 11.1 Å².